The Morgan fingerprint density at radius 3 is 2.63 bits per heavy atom. The van der Waals surface area contributed by atoms with E-state index in [0.29, 0.717) is 10.9 Å². The zero-order valence-electron chi connectivity index (χ0n) is 9.52. The van der Waals surface area contributed by atoms with Crippen LogP contribution in [0.5, 0.6) is 0 Å². The molecule has 0 unspecified atom stereocenters. The number of fused-ring (bicyclic) bond motifs is 1. The summed E-state index contributed by atoms with van der Waals surface area (Å²) in [6.45, 7) is 0. The number of benzene rings is 1. The number of nitrogens with zero attached hydrogens (tertiary/aromatic N) is 3. The van der Waals surface area contributed by atoms with Crippen molar-refractivity contribution in [3.05, 3.63) is 35.5 Å². The Morgan fingerprint density at radius 2 is 2.00 bits per heavy atom. The highest BCUT2D eigenvalue weighted by Gasteiger charge is 2.33. The summed E-state index contributed by atoms with van der Waals surface area (Å²) in [7, 11) is -3.86. The highest BCUT2D eigenvalue weighted by Crippen LogP contribution is 2.37. The third-order valence-electron chi connectivity index (χ3n) is 2.65. The predicted molar refractivity (Wildman–Crippen MR) is 74.7 cm³/mol. The van der Waals surface area contributed by atoms with Crippen LogP contribution in [0.3, 0.4) is 0 Å². The smallest absolute Gasteiger partial charge is 0.215 e. The van der Waals surface area contributed by atoms with Gasteiger partial charge in [-0.05, 0) is 0 Å². The molecule has 100 valence electrons. The van der Waals surface area contributed by atoms with E-state index in [1.54, 1.807) is 0 Å². The first-order chi connectivity index (χ1) is 8.98. The number of rotatable bonds is 2. The van der Waals surface area contributed by atoms with Crippen molar-refractivity contribution >= 4 is 33.6 Å². The summed E-state index contributed by atoms with van der Waals surface area (Å²) < 4.78 is 25.7. The van der Waals surface area contributed by atoms with Crippen molar-refractivity contribution in [1.82, 2.24) is 9.66 Å². The largest absolute Gasteiger partial charge is 0.313 e. The highest BCUT2D eigenvalue weighted by molar-refractivity contribution is 8.01. The van der Waals surface area contributed by atoms with Gasteiger partial charge < -0.3 is 0 Å². The van der Waals surface area contributed by atoms with Gasteiger partial charge in [0.15, 0.2) is 10.3 Å². The second-order valence-corrected chi connectivity index (χ2v) is 6.57. The fraction of sp³-hybridized carbons (Fsp3) is 0.100. The zero-order chi connectivity index (χ0) is 13.6. The SMILES string of the molecule is NS(=O)(=O)N1CSc2nc(Cl)c(-c3ccccc3)n21. The van der Waals surface area contributed by atoms with Gasteiger partial charge in [-0.2, -0.15) is 12.8 Å². The van der Waals surface area contributed by atoms with E-state index in [-0.39, 0.29) is 11.0 Å². The first kappa shape index (κ1) is 12.8. The Bertz CT molecular complexity index is 729. The van der Waals surface area contributed by atoms with E-state index in [1.807, 2.05) is 30.3 Å². The molecule has 1 aromatic heterocycles. The van der Waals surface area contributed by atoms with Crippen molar-refractivity contribution in [3.63, 3.8) is 0 Å². The molecule has 0 radical (unpaired) electrons. The van der Waals surface area contributed by atoms with Gasteiger partial charge in [-0.1, -0.05) is 53.7 Å². The van der Waals surface area contributed by atoms with Crippen LogP contribution in [0.25, 0.3) is 11.3 Å². The number of hydrogen-bond acceptors (Lipinski definition) is 4. The maximum absolute atomic E-state index is 11.6. The van der Waals surface area contributed by atoms with Crippen LogP contribution >= 0.6 is 23.4 Å². The molecular formula is C10H9ClN4O2S2. The van der Waals surface area contributed by atoms with Gasteiger partial charge in [0.1, 0.15) is 11.6 Å². The molecule has 0 bridgehead atoms. The standard InChI is InChI=1S/C10H9ClN4O2S2/c11-9-8(7-4-2-1-3-5-7)15-10(13-9)18-6-14(15)19(12,16)17/h1-5H,6H2,(H2,12,16,17). The molecule has 0 spiro atoms. The first-order valence-corrected chi connectivity index (χ1v) is 8.12. The average molecular weight is 317 g/mol. The minimum Gasteiger partial charge on any atom is -0.215 e. The Hall–Kier alpha value is -1.22. The lowest BCUT2D eigenvalue weighted by atomic mass is 10.2. The zero-order valence-corrected chi connectivity index (χ0v) is 11.9. The number of hydrogen-bond donors (Lipinski definition) is 1. The summed E-state index contributed by atoms with van der Waals surface area (Å²) in [6, 6.07) is 9.22. The normalized spacial score (nSPS) is 14.7. The third kappa shape index (κ3) is 2.10. The molecule has 0 amide bonds. The van der Waals surface area contributed by atoms with Crippen molar-refractivity contribution in [2.45, 2.75) is 5.16 Å². The fourth-order valence-corrected chi connectivity index (χ4v) is 4.18. The molecule has 0 aliphatic carbocycles. The number of nitrogens with two attached hydrogens (primary N) is 1. The summed E-state index contributed by atoms with van der Waals surface area (Å²) in [5, 5.41) is 5.97. The lowest BCUT2D eigenvalue weighted by molar-refractivity contribution is 0.576. The van der Waals surface area contributed by atoms with E-state index >= 15 is 0 Å². The van der Waals surface area contributed by atoms with Crippen LogP contribution in [-0.2, 0) is 10.2 Å². The van der Waals surface area contributed by atoms with Crippen LogP contribution < -0.4 is 9.55 Å². The molecule has 6 nitrogen and oxygen atoms in total. The molecule has 1 aliphatic rings. The van der Waals surface area contributed by atoms with E-state index in [0.717, 1.165) is 9.98 Å². The summed E-state index contributed by atoms with van der Waals surface area (Å²) in [5.41, 5.74) is 1.30. The number of halogens is 1. The second kappa shape index (κ2) is 4.41. The molecular weight excluding hydrogens is 308 g/mol. The van der Waals surface area contributed by atoms with Gasteiger partial charge in [-0.3, -0.25) is 0 Å². The molecule has 1 aliphatic heterocycles. The maximum Gasteiger partial charge on any atom is 0.313 e. The lowest BCUT2D eigenvalue weighted by Gasteiger charge is -2.18. The molecule has 9 heteroatoms. The van der Waals surface area contributed by atoms with Crippen molar-refractivity contribution in [1.29, 1.82) is 0 Å². The quantitative estimate of drug-likeness (QED) is 0.908. The molecule has 2 N–H and O–H groups in total. The third-order valence-corrected chi connectivity index (χ3v) is 4.85. The molecule has 1 aromatic carbocycles. The second-order valence-electron chi connectivity index (χ2n) is 3.85. The first-order valence-electron chi connectivity index (χ1n) is 5.25. The van der Waals surface area contributed by atoms with Crippen molar-refractivity contribution in [2.24, 2.45) is 5.14 Å². The molecule has 2 heterocycles. The van der Waals surface area contributed by atoms with Gasteiger partial charge in [0.25, 0.3) is 0 Å². The van der Waals surface area contributed by atoms with Crippen molar-refractivity contribution in [2.75, 3.05) is 10.3 Å². The molecule has 3 rings (SSSR count). The number of aromatic nitrogens is 2. The van der Waals surface area contributed by atoms with Crippen LogP contribution in [0.2, 0.25) is 5.15 Å². The van der Waals surface area contributed by atoms with Crippen LogP contribution in [0.4, 0.5) is 0 Å². The van der Waals surface area contributed by atoms with Crippen LogP contribution in [0.1, 0.15) is 0 Å². The van der Waals surface area contributed by atoms with Crippen molar-refractivity contribution in [3.8, 4) is 11.3 Å². The minimum absolute atomic E-state index is 0.193. The van der Waals surface area contributed by atoms with Crippen LogP contribution in [0.15, 0.2) is 35.5 Å². The van der Waals surface area contributed by atoms with E-state index < -0.39 is 10.2 Å². The van der Waals surface area contributed by atoms with Crippen LogP contribution in [-0.4, -0.2) is 24.0 Å². The number of thioether (sulfide) groups is 1. The van der Waals surface area contributed by atoms with E-state index in [4.69, 9.17) is 16.7 Å². The Kier molecular flexibility index (Phi) is 2.97. The van der Waals surface area contributed by atoms with Gasteiger partial charge in [0, 0.05) is 5.56 Å². The summed E-state index contributed by atoms with van der Waals surface area (Å²) in [4.78, 5) is 4.16. The molecule has 0 saturated heterocycles. The van der Waals surface area contributed by atoms with Gasteiger partial charge in [0.2, 0.25) is 0 Å². The molecule has 2 aromatic rings. The molecule has 19 heavy (non-hydrogen) atoms. The predicted octanol–water partition coefficient (Wildman–Crippen LogP) is 1.41. The maximum atomic E-state index is 11.6. The van der Waals surface area contributed by atoms with E-state index in [2.05, 4.69) is 4.98 Å². The van der Waals surface area contributed by atoms with Gasteiger partial charge in [-0.25, -0.2) is 14.8 Å². The monoisotopic (exact) mass is 316 g/mol. The topological polar surface area (TPSA) is 81.2 Å². The summed E-state index contributed by atoms with van der Waals surface area (Å²) >= 11 is 7.37. The molecule has 0 fully saturated rings. The molecule has 0 saturated carbocycles. The number of imidazole rings is 1. The minimum atomic E-state index is -3.86. The van der Waals surface area contributed by atoms with Gasteiger partial charge >= 0.3 is 10.2 Å². The van der Waals surface area contributed by atoms with Gasteiger partial charge in [-0.15, -0.1) is 0 Å². The Morgan fingerprint density at radius 1 is 1.32 bits per heavy atom. The van der Waals surface area contributed by atoms with E-state index in [9.17, 15) is 8.42 Å². The van der Waals surface area contributed by atoms with Crippen LogP contribution in [0, 0.1) is 0 Å². The Balaban J connectivity index is 2.23. The van der Waals surface area contributed by atoms with Crippen molar-refractivity contribution < 1.29 is 8.42 Å². The Labute approximate surface area is 119 Å². The summed E-state index contributed by atoms with van der Waals surface area (Å²) in [6.07, 6.45) is 0. The molecule has 0 atom stereocenters. The van der Waals surface area contributed by atoms with Gasteiger partial charge in [0.05, 0.1) is 0 Å². The summed E-state index contributed by atoms with van der Waals surface area (Å²) in [5.74, 6) is 0.193. The lowest BCUT2D eigenvalue weighted by Crippen LogP contribution is -2.42. The average Bonchev–Trinajstić information content (AvgIpc) is 2.86. The fourth-order valence-electron chi connectivity index (χ4n) is 1.86. The van der Waals surface area contributed by atoms with E-state index in [1.165, 1.54) is 16.4 Å². The highest BCUT2D eigenvalue weighted by atomic mass is 35.5.